The molecule has 17 nitrogen and oxygen atoms in total. The van der Waals surface area contributed by atoms with Crippen LogP contribution in [0.4, 0.5) is 0 Å². The van der Waals surface area contributed by atoms with Gasteiger partial charge in [0.1, 0.15) is 24.4 Å². The van der Waals surface area contributed by atoms with E-state index in [1.54, 1.807) is 26.4 Å². The average Bonchev–Trinajstić information content (AvgIpc) is 3.66. The van der Waals surface area contributed by atoms with Crippen molar-refractivity contribution in [3.63, 3.8) is 0 Å². The predicted octanol–water partition coefficient (Wildman–Crippen LogP) is 5.52. The standard InChI is InChI=1S/C52H81ClO17/c1-30-18-21-50-23-20-40(62-4)48(69-50)47(59)46(58)31(2)16-17-39-45(53)43(63-5)28-51(66-39)22-19-32(3)52(70-51)29-42(38(68-52)15-10-8-6-7-9-14-37(56)49(60)61)65-44(57)27-36-13-11-12-35(64-36)25-33(54)24-34(55)26-41(30)67-50/h7-10,18,21,30-43,45-48,54-56,58-59H,6,11-17,19-20,22-29H2,1-5H3,(H,60,61)/b9-7-,10-8+/t30?,31?,32-,33?,34?,35?,36?,37?,38?,39+,40-,41+,42?,43+,45?,46-,47?,48-,50-,51+,52+/m0/s1. The number of methoxy groups -OCH3 is 2. The van der Waals surface area contributed by atoms with E-state index in [0.29, 0.717) is 70.6 Å². The minimum atomic E-state index is -1.47. The fourth-order valence-corrected chi connectivity index (χ4v) is 12.1. The van der Waals surface area contributed by atoms with Gasteiger partial charge in [-0.3, -0.25) is 4.79 Å². The van der Waals surface area contributed by atoms with E-state index < -0.39 is 120 Å². The number of allylic oxidation sites excluding steroid dienone is 2. The van der Waals surface area contributed by atoms with E-state index in [1.807, 2.05) is 38.2 Å². The Bertz CT molecular complexity index is 1800. The number of ether oxygens (including phenoxy) is 9. The topological polar surface area (TPSA) is 239 Å². The number of carbonyl (C=O) groups excluding carboxylic acids is 1. The lowest BCUT2D eigenvalue weighted by atomic mass is 9.82. The summed E-state index contributed by atoms with van der Waals surface area (Å²) < 4.78 is 58.8. The summed E-state index contributed by atoms with van der Waals surface area (Å²) in [6.07, 6.45) is 7.36. The summed E-state index contributed by atoms with van der Waals surface area (Å²) in [5, 5.41) is 64.3. The van der Waals surface area contributed by atoms with Crippen molar-refractivity contribution in [1.29, 1.82) is 0 Å². The maximum atomic E-state index is 13.9. The van der Waals surface area contributed by atoms with Crippen LogP contribution in [0.2, 0.25) is 0 Å². The second kappa shape index (κ2) is 24.5. The summed E-state index contributed by atoms with van der Waals surface area (Å²) in [6, 6.07) is 0. The van der Waals surface area contributed by atoms with Crippen molar-refractivity contribution < 1.29 is 82.9 Å². The summed E-state index contributed by atoms with van der Waals surface area (Å²) in [6.45, 7) is 5.92. The number of hydrogen-bond donors (Lipinski definition) is 6. The molecule has 7 aliphatic rings. The first kappa shape index (κ1) is 55.7. The molecule has 0 radical (unpaired) electrons. The van der Waals surface area contributed by atoms with Gasteiger partial charge in [-0.2, -0.15) is 0 Å². The smallest absolute Gasteiger partial charge is 0.332 e. The van der Waals surface area contributed by atoms with Gasteiger partial charge in [0.25, 0.3) is 0 Å². The molecule has 18 heteroatoms. The number of halogens is 1. The highest BCUT2D eigenvalue weighted by molar-refractivity contribution is 6.21. The molecule has 3 spiro atoms. The molecular weight excluding hydrogens is 932 g/mol. The quantitative estimate of drug-likeness (QED) is 0.0947. The molecule has 7 heterocycles. The van der Waals surface area contributed by atoms with E-state index in [-0.39, 0.29) is 56.5 Å². The van der Waals surface area contributed by atoms with Gasteiger partial charge in [-0.15, -0.1) is 11.6 Å². The molecule has 0 aromatic heterocycles. The van der Waals surface area contributed by atoms with Crippen molar-refractivity contribution in [2.24, 2.45) is 17.8 Å². The first-order chi connectivity index (χ1) is 33.4. The Morgan fingerprint density at radius 1 is 0.814 bits per heavy atom. The van der Waals surface area contributed by atoms with Crippen LogP contribution in [0.3, 0.4) is 0 Å². The molecule has 6 N–H and O–H groups in total. The maximum Gasteiger partial charge on any atom is 0.332 e. The van der Waals surface area contributed by atoms with Gasteiger partial charge in [-0.25, -0.2) is 4.79 Å². The number of aliphatic carboxylic acids is 1. The van der Waals surface area contributed by atoms with Crippen LogP contribution in [-0.4, -0.2) is 165 Å². The molecule has 0 aliphatic carbocycles. The van der Waals surface area contributed by atoms with E-state index in [2.05, 4.69) is 6.92 Å². The lowest BCUT2D eigenvalue weighted by Gasteiger charge is -2.54. The van der Waals surface area contributed by atoms with Crippen LogP contribution in [0.5, 0.6) is 0 Å². The highest BCUT2D eigenvalue weighted by atomic mass is 35.5. The lowest BCUT2D eigenvalue weighted by molar-refractivity contribution is -0.413. The summed E-state index contributed by atoms with van der Waals surface area (Å²) in [5.74, 6) is -5.95. The Morgan fingerprint density at radius 3 is 2.31 bits per heavy atom. The van der Waals surface area contributed by atoms with E-state index in [4.69, 9.17) is 59.3 Å². The molecule has 0 amide bonds. The van der Waals surface area contributed by atoms with Gasteiger partial charge in [0, 0.05) is 64.6 Å². The van der Waals surface area contributed by atoms with E-state index in [0.717, 1.165) is 6.42 Å². The zero-order valence-electron chi connectivity index (χ0n) is 41.6. The zero-order chi connectivity index (χ0) is 50.4. The minimum Gasteiger partial charge on any atom is -0.479 e. The molecule has 21 atom stereocenters. The Hall–Kier alpha value is -2.07. The molecule has 398 valence electrons. The molecule has 9 bridgehead atoms. The molecule has 0 aromatic carbocycles. The summed E-state index contributed by atoms with van der Waals surface area (Å²) in [5.41, 5.74) is 0. The van der Waals surface area contributed by atoms with Gasteiger partial charge in [-0.05, 0) is 82.6 Å². The fraction of sp³-hybridized carbons (Fsp3) is 0.846. The largest absolute Gasteiger partial charge is 0.479 e. The third kappa shape index (κ3) is 13.6. The number of carboxylic acid groups (broad SMARTS) is 1. The monoisotopic (exact) mass is 1010 g/mol. The molecule has 0 saturated carbocycles. The van der Waals surface area contributed by atoms with Crippen molar-refractivity contribution in [3.8, 4) is 0 Å². The molecule has 11 unspecified atom stereocenters. The molecule has 6 saturated heterocycles. The minimum absolute atomic E-state index is 0.0103. The normalized spacial score (nSPS) is 46.2. The zero-order valence-corrected chi connectivity index (χ0v) is 42.4. The van der Waals surface area contributed by atoms with Gasteiger partial charge in [-0.1, -0.05) is 51.2 Å². The van der Waals surface area contributed by atoms with Gasteiger partial charge in [0.05, 0.1) is 66.7 Å². The van der Waals surface area contributed by atoms with Crippen LogP contribution in [-0.2, 0) is 52.2 Å². The van der Waals surface area contributed by atoms with Crippen molar-refractivity contribution in [3.05, 3.63) is 36.5 Å². The molecule has 6 fully saturated rings. The molecule has 7 rings (SSSR count). The third-order valence-corrected chi connectivity index (χ3v) is 16.6. The van der Waals surface area contributed by atoms with Gasteiger partial charge in [0.15, 0.2) is 23.5 Å². The Labute approximate surface area is 418 Å². The number of hydrogen-bond acceptors (Lipinski definition) is 16. The van der Waals surface area contributed by atoms with Gasteiger partial charge >= 0.3 is 11.9 Å². The van der Waals surface area contributed by atoms with Crippen molar-refractivity contribution in [2.75, 3.05) is 14.2 Å². The van der Waals surface area contributed by atoms with Crippen LogP contribution in [0, 0.1) is 17.8 Å². The highest BCUT2D eigenvalue weighted by Crippen LogP contribution is 2.53. The molecular formula is C52H81ClO17. The number of esters is 1. The first-order valence-electron chi connectivity index (χ1n) is 25.9. The van der Waals surface area contributed by atoms with Gasteiger partial charge in [0.2, 0.25) is 0 Å². The molecule has 7 aliphatic heterocycles. The van der Waals surface area contributed by atoms with E-state index in [9.17, 15) is 35.1 Å². The number of fused-ring (bicyclic) bond motifs is 6. The fourth-order valence-electron chi connectivity index (χ4n) is 11.8. The van der Waals surface area contributed by atoms with Crippen molar-refractivity contribution in [1.82, 2.24) is 0 Å². The summed E-state index contributed by atoms with van der Waals surface area (Å²) in [4.78, 5) is 24.9. The second-order valence-electron chi connectivity index (χ2n) is 21.4. The first-order valence-corrected chi connectivity index (χ1v) is 26.4. The third-order valence-electron chi connectivity index (χ3n) is 16.1. The van der Waals surface area contributed by atoms with Crippen LogP contribution < -0.4 is 0 Å². The average molecular weight is 1010 g/mol. The second-order valence-corrected chi connectivity index (χ2v) is 21.9. The van der Waals surface area contributed by atoms with Gasteiger partial charge < -0.3 is 73.3 Å². The number of aliphatic hydroxyl groups is 5. The number of carboxylic acids is 1. The Kier molecular flexibility index (Phi) is 19.5. The Balaban J connectivity index is 1.13. The van der Waals surface area contributed by atoms with Crippen molar-refractivity contribution >= 4 is 23.5 Å². The summed E-state index contributed by atoms with van der Waals surface area (Å²) in [7, 11) is 3.17. The van der Waals surface area contributed by atoms with Crippen molar-refractivity contribution in [2.45, 2.75) is 245 Å². The van der Waals surface area contributed by atoms with E-state index in [1.165, 1.54) is 0 Å². The molecule has 0 aromatic rings. The highest BCUT2D eigenvalue weighted by Gasteiger charge is 2.61. The van der Waals surface area contributed by atoms with E-state index >= 15 is 0 Å². The predicted molar refractivity (Wildman–Crippen MR) is 254 cm³/mol. The number of rotatable bonds is 9. The van der Waals surface area contributed by atoms with Crippen LogP contribution in [0.15, 0.2) is 36.5 Å². The SMILES string of the molecule is CO[C@H]1CC[C@]23C=CC(C)[C@@H](CC(O)CC(O)CC4CCCC(CC(=O)OC5C[C@@]6(OC5C/C=C/C/C=C\CC(O)C(=O)O)O[C@]5(CC[C@@H]6C)C[C@@H](OC)C(Cl)[C@@H](CCC(C)[C@H](O)C(O)[C@H]1O2)O5)O4)O3. The lowest BCUT2D eigenvalue weighted by Crippen LogP contribution is -2.61. The molecule has 70 heavy (non-hydrogen) atoms. The maximum absolute atomic E-state index is 13.9. The number of carbonyl (C=O) groups is 2. The number of alkyl halides is 1. The van der Waals surface area contributed by atoms with Crippen LogP contribution in [0.25, 0.3) is 0 Å². The Morgan fingerprint density at radius 2 is 1.56 bits per heavy atom. The van der Waals surface area contributed by atoms with Crippen LogP contribution >= 0.6 is 11.6 Å². The summed E-state index contributed by atoms with van der Waals surface area (Å²) >= 11 is 7.14. The van der Waals surface area contributed by atoms with Crippen LogP contribution in [0.1, 0.15) is 136 Å². The number of aliphatic hydroxyl groups excluding tert-OH is 5.